The van der Waals surface area contributed by atoms with E-state index in [0.717, 1.165) is 30.6 Å². The highest BCUT2D eigenvalue weighted by atomic mass is 35.5. The van der Waals surface area contributed by atoms with Crippen LogP contribution in [0.15, 0.2) is 30.6 Å². The van der Waals surface area contributed by atoms with Gasteiger partial charge < -0.3 is 14.8 Å². The zero-order valence-corrected chi connectivity index (χ0v) is 16.8. The van der Waals surface area contributed by atoms with Crippen LogP contribution in [0.25, 0.3) is 6.08 Å². The van der Waals surface area contributed by atoms with Gasteiger partial charge in [-0.2, -0.15) is 0 Å². The van der Waals surface area contributed by atoms with Crippen molar-refractivity contribution < 1.29 is 14.3 Å². The number of carbonyl (C=O) groups excluding carboxylic acids is 1. The Labute approximate surface area is 168 Å². The molecule has 1 aliphatic heterocycles. The zero-order chi connectivity index (χ0) is 19.9. The monoisotopic (exact) mass is 399 g/mol. The summed E-state index contributed by atoms with van der Waals surface area (Å²) >= 11 is 6.33. The van der Waals surface area contributed by atoms with Crippen LogP contribution in [0.2, 0.25) is 5.02 Å². The fourth-order valence-electron chi connectivity index (χ4n) is 3.32. The Balaban J connectivity index is 1.45. The first-order valence-corrected chi connectivity index (χ1v) is 9.61. The van der Waals surface area contributed by atoms with Gasteiger partial charge in [-0.15, -0.1) is 0 Å². The van der Waals surface area contributed by atoms with Gasteiger partial charge in [0, 0.05) is 25.0 Å². The molecule has 2 heterocycles. The summed E-state index contributed by atoms with van der Waals surface area (Å²) in [5.74, 6) is 1.65. The number of ether oxygens (including phenoxy) is 2. The number of rotatable bonds is 5. The molecule has 0 saturated heterocycles. The lowest BCUT2D eigenvalue weighted by molar-refractivity contribution is -0.119. The van der Waals surface area contributed by atoms with Crippen molar-refractivity contribution in [1.29, 1.82) is 0 Å². The molecule has 0 spiro atoms. The van der Waals surface area contributed by atoms with Crippen molar-refractivity contribution in [2.45, 2.75) is 51.2 Å². The maximum absolute atomic E-state index is 11.3. The average molecular weight is 400 g/mol. The molecule has 1 N–H and O–H groups in total. The molecule has 2 aromatic rings. The van der Waals surface area contributed by atoms with Crippen LogP contribution < -0.4 is 14.8 Å². The lowest BCUT2D eigenvalue weighted by Gasteiger charge is -2.16. The number of nitrogens with zero attached hydrogens (tertiary/aromatic N) is 2. The summed E-state index contributed by atoms with van der Waals surface area (Å²) in [5.41, 5.74) is 1.29. The first kappa shape index (κ1) is 18.7. The lowest BCUT2D eigenvalue weighted by Crippen LogP contribution is -2.33. The van der Waals surface area contributed by atoms with Gasteiger partial charge in [0.1, 0.15) is 17.1 Å². The second kappa shape index (κ2) is 6.78. The summed E-state index contributed by atoms with van der Waals surface area (Å²) in [4.78, 5) is 19.9. The van der Waals surface area contributed by atoms with Crippen LogP contribution in [0.1, 0.15) is 44.9 Å². The maximum atomic E-state index is 11.3. The van der Waals surface area contributed by atoms with Gasteiger partial charge in [-0.05, 0) is 38.8 Å². The summed E-state index contributed by atoms with van der Waals surface area (Å²) < 4.78 is 11.7. The third-order valence-electron chi connectivity index (χ3n) is 4.77. The van der Waals surface area contributed by atoms with E-state index >= 15 is 0 Å². The molecule has 6 nitrogen and oxygen atoms in total. The van der Waals surface area contributed by atoms with Gasteiger partial charge in [0.2, 0.25) is 11.8 Å². The van der Waals surface area contributed by atoms with Gasteiger partial charge in [-0.25, -0.2) is 9.97 Å². The minimum absolute atomic E-state index is 0.0306. The van der Waals surface area contributed by atoms with Crippen LogP contribution >= 0.6 is 11.6 Å². The summed E-state index contributed by atoms with van der Waals surface area (Å²) in [7, 11) is 0. The molecule has 146 valence electrons. The van der Waals surface area contributed by atoms with Crippen molar-refractivity contribution >= 4 is 23.6 Å². The largest absolute Gasteiger partial charge is 0.487 e. The van der Waals surface area contributed by atoms with E-state index in [1.165, 1.54) is 6.92 Å². The highest BCUT2D eigenvalue weighted by Crippen LogP contribution is 2.42. The van der Waals surface area contributed by atoms with Gasteiger partial charge in [-0.3, -0.25) is 4.79 Å². The summed E-state index contributed by atoms with van der Waals surface area (Å²) in [6.07, 6.45) is 9.69. The van der Waals surface area contributed by atoms with Crippen molar-refractivity contribution in [3.63, 3.8) is 0 Å². The molecule has 1 aliphatic carbocycles. The highest BCUT2D eigenvalue weighted by molar-refractivity contribution is 6.32. The third kappa shape index (κ3) is 4.12. The lowest BCUT2D eigenvalue weighted by atomic mass is 10.0. The third-order valence-corrected chi connectivity index (χ3v) is 5.06. The first-order valence-electron chi connectivity index (χ1n) is 9.23. The molecule has 7 heteroatoms. The van der Waals surface area contributed by atoms with Crippen molar-refractivity contribution in [1.82, 2.24) is 15.3 Å². The molecular formula is C21H22ClN3O3. The van der Waals surface area contributed by atoms with Crippen LogP contribution in [-0.4, -0.2) is 27.0 Å². The number of aromatic nitrogens is 2. The van der Waals surface area contributed by atoms with Gasteiger partial charge in [0.25, 0.3) is 0 Å². The number of benzene rings is 1. The SMILES string of the molecule is CC(=O)NC1(/C=C/c2cnc(Oc3cc4c(cc3Cl)OC(C)(C)C4)cn2)CC1. The predicted octanol–water partition coefficient (Wildman–Crippen LogP) is 4.32. The Morgan fingerprint density at radius 2 is 2.07 bits per heavy atom. The van der Waals surface area contributed by atoms with E-state index in [-0.39, 0.29) is 17.0 Å². The Hall–Kier alpha value is -2.60. The molecule has 2 aliphatic rings. The second-order valence-electron chi connectivity index (χ2n) is 7.98. The molecule has 1 amide bonds. The van der Waals surface area contributed by atoms with Crippen molar-refractivity contribution in [3.8, 4) is 17.4 Å². The summed E-state index contributed by atoms with van der Waals surface area (Å²) in [6.45, 7) is 5.60. The van der Waals surface area contributed by atoms with E-state index in [9.17, 15) is 4.79 Å². The number of halogens is 1. The zero-order valence-electron chi connectivity index (χ0n) is 16.1. The van der Waals surface area contributed by atoms with E-state index in [2.05, 4.69) is 15.3 Å². The number of amides is 1. The van der Waals surface area contributed by atoms with Crippen molar-refractivity contribution in [2.75, 3.05) is 0 Å². The fraction of sp³-hybridized carbons (Fsp3) is 0.381. The number of fused-ring (bicyclic) bond motifs is 1. The van der Waals surface area contributed by atoms with Crippen LogP contribution in [0.3, 0.4) is 0 Å². The van der Waals surface area contributed by atoms with Gasteiger partial charge in [0.15, 0.2) is 0 Å². The number of hydrogen-bond acceptors (Lipinski definition) is 5. The molecule has 1 fully saturated rings. The maximum Gasteiger partial charge on any atom is 0.237 e. The highest BCUT2D eigenvalue weighted by Gasteiger charge is 2.40. The number of carbonyl (C=O) groups is 1. The molecule has 1 aromatic heterocycles. The Morgan fingerprint density at radius 1 is 1.29 bits per heavy atom. The van der Waals surface area contributed by atoms with Crippen LogP contribution in [0.4, 0.5) is 0 Å². The van der Waals surface area contributed by atoms with Gasteiger partial charge >= 0.3 is 0 Å². The molecule has 0 unspecified atom stereocenters. The van der Waals surface area contributed by atoms with Crippen LogP contribution in [-0.2, 0) is 11.2 Å². The molecular weight excluding hydrogens is 378 g/mol. The second-order valence-corrected chi connectivity index (χ2v) is 8.39. The Bertz CT molecular complexity index is 950. The van der Waals surface area contributed by atoms with E-state index in [0.29, 0.717) is 22.3 Å². The minimum atomic E-state index is -0.242. The van der Waals surface area contributed by atoms with E-state index < -0.39 is 0 Å². The van der Waals surface area contributed by atoms with Crippen LogP contribution in [0, 0.1) is 0 Å². The minimum Gasteiger partial charge on any atom is -0.487 e. The fourth-order valence-corrected chi connectivity index (χ4v) is 3.51. The van der Waals surface area contributed by atoms with E-state index in [4.69, 9.17) is 21.1 Å². The molecule has 0 atom stereocenters. The standard InChI is InChI=1S/C21H22ClN3O3/c1-13(26)25-21(6-7-21)5-4-15-11-24-19(12-23-15)27-18-8-14-10-20(2,3)28-17(14)9-16(18)22/h4-5,8-9,11-12H,6-7,10H2,1-3H3,(H,25,26)/b5-4+. The van der Waals surface area contributed by atoms with Crippen molar-refractivity contribution in [2.24, 2.45) is 0 Å². The van der Waals surface area contributed by atoms with Crippen LogP contribution in [0.5, 0.6) is 17.4 Å². The van der Waals surface area contributed by atoms with Crippen molar-refractivity contribution in [3.05, 3.63) is 46.9 Å². The molecule has 28 heavy (non-hydrogen) atoms. The molecule has 1 aromatic carbocycles. The molecule has 1 saturated carbocycles. The smallest absolute Gasteiger partial charge is 0.237 e. The normalized spacial score (nSPS) is 18.4. The quantitative estimate of drug-likeness (QED) is 0.810. The Morgan fingerprint density at radius 3 is 2.71 bits per heavy atom. The van der Waals surface area contributed by atoms with Gasteiger partial charge in [0.05, 0.1) is 28.6 Å². The number of nitrogens with one attached hydrogen (secondary N) is 1. The van der Waals surface area contributed by atoms with E-state index in [1.54, 1.807) is 18.5 Å². The Kier molecular flexibility index (Phi) is 4.54. The molecule has 0 radical (unpaired) electrons. The first-order chi connectivity index (χ1) is 13.2. The topological polar surface area (TPSA) is 73.3 Å². The van der Waals surface area contributed by atoms with Gasteiger partial charge in [-0.1, -0.05) is 17.7 Å². The molecule has 0 bridgehead atoms. The number of hydrogen-bond donors (Lipinski definition) is 1. The average Bonchev–Trinajstić information content (AvgIpc) is 3.29. The van der Waals surface area contributed by atoms with E-state index in [1.807, 2.05) is 32.1 Å². The summed E-state index contributed by atoms with van der Waals surface area (Å²) in [5, 5.41) is 3.42. The predicted molar refractivity (Wildman–Crippen MR) is 107 cm³/mol. The summed E-state index contributed by atoms with van der Waals surface area (Å²) in [6, 6.07) is 3.68. The molecule has 4 rings (SSSR count).